The highest BCUT2D eigenvalue weighted by atomic mass is 16.4. The molecule has 1 radical (unpaired) electrons. The lowest BCUT2D eigenvalue weighted by Crippen LogP contribution is -2.18. The van der Waals surface area contributed by atoms with Crippen molar-refractivity contribution in [2.24, 2.45) is 0 Å². The Morgan fingerprint density at radius 2 is 1.50 bits per heavy atom. The van der Waals surface area contributed by atoms with Gasteiger partial charge in [-0.2, -0.15) is 0 Å². The molecule has 0 fully saturated rings. The molecule has 0 aliphatic carbocycles. The first-order chi connectivity index (χ1) is 9.93. The molecule has 1 rings (SSSR count). The van der Waals surface area contributed by atoms with Gasteiger partial charge in [0.15, 0.2) is 0 Å². The normalized spacial score (nSPS) is 12.5. The van der Waals surface area contributed by atoms with Crippen LogP contribution in [0.25, 0.3) is 0 Å². The summed E-state index contributed by atoms with van der Waals surface area (Å²) in [5, 5.41) is 19.3. The zero-order valence-electron chi connectivity index (χ0n) is 14.7. The average molecular weight is 305 g/mol. The molecule has 3 heteroatoms. The molecule has 1 aromatic carbocycles. The van der Waals surface area contributed by atoms with E-state index < -0.39 is 5.97 Å². The summed E-state index contributed by atoms with van der Waals surface area (Å²) in [7, 11) is 0. The van der Waals surface area contributed by atoms with Gasteiger partial charge in [0.1, 0.15) is 5.75 Å². The summed E-state index contributed by atoms with van der Waals surface area (Å²) >= 11 is 0. The van der Waals surface area contributed by atoms with Gasteiger partial charge in [-0.25, -0.2) is 0 Å². The molecule has 0 aliphatic rings. The number of carboxylic acid groups (broad SMARTS) is 1. The summed E-state index contributed by atoms with van der Waals surface area (Å²) in [5.41, 5.74) is 2.81. The maximum Gasteiger partial charge on any atom is 0.307 e. The van der Waals surface area contributed by atoms with Crippen molar-refractivity contribution in [1.82, 2.24) is 0 Å². The van der Waals surface area contributed by atoms with Crippen LogP contribution in [0.1, 0.15) is 71.1 Å². The summed E-state index contributed by atoms with van der Waals surface area (Å²) in [5.74, 6) is -0.475. The van der Waals surface area contributed by atoms with Gasteiger partial charge in [0.05, 0.1) is 6.42 Å². The second-order valence-corrected chi connectivity index (χ2v) is 7.97. The molecular weight excluding hydrogens is 276 g/mol. The van der Waals surface area contributed by atoms with Crippen molar-refractivity contribution >= 4 is 5.97 Å². The molecular formula is C19H29O3. The molecule has 0 aliphatic heterocycles. The molecule has 1 aromatic rings. The quantitative estimate of drug-likeness (QED) is 0.782. The zero-order valence-corrected chi connectivity index (χ0v) is 14.7. The van der Waals surface area contributed by atoms with Crippen molar-refractivity contribution in [1.29, 1.82) is 0 Å². The lowest BCUT2D eigenvalue weighted by atomic mass is 9.78. The Morgan fingerprint density at radius 3 is 1.86 bits per heavy atom. The van der Waals surface area contributed by atoms with Crippen LogP contribution in [-0.2, 0) is 22.0 Å². The van der Waals surface area contributed by atoms with Crippen LogP contribution >= 0.6 is 0 Å². The SMILES string of the molecule is CC(C)(C)c1cc(CCC[CH]C(=O)O)cc(C(C)(C)C)c1O. The van der Waals surface area contributed by atoms with Crippen LogP contribution in [0.3, 0.4) is 0 Å². The van der Waals surface area contributed by atoms with Crippen LogP contribution in [0.4, 0.5) is 0 Å². The number of phenolic OH excluding ortho intramolecular Hbond substituents is 1. The van der Waals surface area contributed by atoms with Gasteiger partial charge < -0.3 is 10.2 Å². The third-order valence-corrected chi connectivity index (χ3v) is 3.77. The van der Waals surface area contributed by atoms with E-state index in [1.807, 2.05) is 0 Å². The number of aromatic hydroxyl groups is 1. The first-order valence-corrected chi connectivity index (χ1v) is 7.86. The molecule has 123 valence electrons. The van der Waals surface area contributed by atoms with Gasteiger partial charge in [0.2, 0.25) is 0 Å². The molecule has 0 saturated heterocycles. The van der Waals surface area contributed by atoms with Crippen molar-refractivity contribution in [3.8, 4) is 5.75 Å². The monoisotopic (exact) mass is 305 g/mol. The molecule has 0 bridgehead atoms. The van der Waals surface area contributed by atoms with Crippen LogP contribution in [0, 0.1) is 6.42 Å². The van der Waals surface area contributed by atoms with Crippen molar-refractivity contribution in [2.75, 3.05) is 0 Å². The minimum Gasteiger partial charge on any atom is -0.507 e. The Labute approximate surface area is 134 Å². The minimum atomic E-state index is -0.864. The van der Waals surface area contributed by atoms with Crippen LogP contribution in [0.15, 0.2) is 12.1 Å². The molecule has 0 saturated carbocycles. The van der Waals surface area contributed by atoms with Crippen molar-refractivity contribution in [3.05, 3.63) is 35.2 Å². The molecule has 0 atom stereocenters. The fraction of sp³-hybridized carbons (Fsp3) is 0.579. The van der Waals surface area contributed by atoms with Gasteiger partial charge in [0.25, 0.3) is 0 Å². The third-order valence-electron chi connectivity index (χ3n) is 3.77. The van der Waals surface area contributed by atoms with Crippen molar-refractivity contribution < 1.29 is 15.0 Å². The highest BCUT2D eigenvalue weighted by molar-refractivity contribution is 5.76. The second-order valence-electron chi connectivity index (χ2n) is 7.97. The van der Waals surface area contributed by atoms with E-state index >= 15 is 0 Å². The van der Waals surface area contributed by atoms with E-state index in [2.05, 4.69) is 53.7 Å². The summed E-state index contributed by atoms with van der Waals surface area (Å²) in [6.07, 6.45) is 3.47. The number of carbonyl (C=O) groups is 1. The van der Waals surface area contributed by atoms with E-state index in [-0.39, 0.29) is 10.8 Å². The molecule has 0 unspecified atom stereocenters. The van der Waals surface area contributed by atoms with E-state index in [1.54, 1.807) is 0 Å². The predicted octanol–water partition coefficient (Wildman–Crippen LogP) is 4.60. The number of aryl methyl sites for hydroxylation is 1. The average Bonchev–Trinajstić information content (AvgIpc) is 2.33. The molecule has 0 spiro atoms. The molecule has 2 N–H and O–H groups in total. The standard InChI is InChI=1S/C19H29O3/c1-18(2,3)14-11-13(9-7-8-10-16(20)21)12-15(17(14)22)19(4,5)6/h10-12,22H,7-9H2,1-6H3,(H,20,21). The maximum atomic E-state index is 10.6. The van der Waals surface area contributed by atoms with Crippen LogP contribution in [0.2, 0.25) is 0 Å². The van der Waals surface area contributed by atoms with Crippen LogP contribution < -0.4 is 0 Å². The van der Waals surface area contributed by atoms with Crippen molar-refractivity contribution in [2.45, 2.75) is 71.6 Å². The number of rotatable bonds is 5. The summed E-state index contributed by atoms with van der Waals surface area (Å²) in [4.78, 5) is 10.5. The Morgan fingerprint density at radius 1 is 1.05 bits per heavy atom. The fourth-order valence-corrected chi connectivity index (χ4v) is 2.51. The van der Waals surface area contributed by atoms with E-state index in [4.69, 9.17) is 5.11 Å². The second kappa shape index (κ2) is 6.72. The first kappa shape index (κ1) is 18.5. The largest absolute Gasteiger partial charge is 0.507 e. The van der Waals surface area contributed by atoms with E-state index in [9.17, 15) is 9.90 Å². The molecule has 22 heavy (non-hydrogen) atoms. The van der Waals surface area contributed by atoms with Crippen molar-refractivity contribution in [3.63, 3.8) is 0 Å². The summed E-state index contributed by atoms with van der Waals surface area (Å²) in [6, 6.07) is 4.12. The van der Waals surface area contributed by atoms with E-state index in [0.29, 0.717) is 12.2 Å². The predicted molar refractivity (Wildman–Crippen MR) is 90.4 cm³/mol. The number of phenols is 1. The van der Waals surface area contributed by atoms with Crippen LogP contribution in [0.5, 0.6) is 5.75 Å². The Bertz CT molecular complexity index is 496. The summed E-state index contributed by atoms with van der Waals surface area (Å²) in [6.45, 7) is 12.6. The van der Waals surface area contributed by atoms with Gasteiger partial charge in [0, 0.05) is 0 Å². The molecule has 3 nitrogen and oxygen atoms in total. The van der Waals surface area contributed by atoms with Crippen LogP contribution in [-0.4, -0.2) is 16.2 Å². The zero-order chi connectivity index (χ0) is 17.1. The number of unbranched alkanes of at least 4 members (excludes halogenated alkanes) is 1. The number of hydrogen-bond donors (Lipinski definition) is 2. The third kappa shape index (κ3) is 5.04. The Hall–Kier alpha value is -1.51. The van der Waals surface area contributed by atoms with E-state index in [1.165, 1.54) is 6.42 Å². The molecule has 0 aromatic heterocycles. The Balaban J connectivity index is 3.10. The highest BCUT2D eigenvalue weighted by Gasteiger charge is 2.26. The smallest absolute Gasteiger partial charge is 0.307 e. The lowest BCUT2D eigenvalue weighted by Gasteiger charge is -2.28. The minimum absolute atomic E-state index is 0.132. The van der Waals surface area contributed by atoms with Gasteiger partial charge in [-0.3, -0.25) is 4.79 Å². The Kier molecular flexibility index (Phi) is 5.66. The van der Waals surface area contributed by atoms with Gasteiger partial charge in [-0.1, -0.05) is 53.7 Å². The van der Waals surface area contributed by atoms with E-state index in [0.717, 1.165) is 29.5 Å². The van der Waals surface area contributed by atoms with Gasteiger partial charge in [-0.15, -0.1) is 0 Å². The summed E-state index contributed by atoms with van der Waals surface area (Å²) < 4.78 is 0. The maximum absolute atomic E-state index is 10.6. The topological polar surface area (TPSA) is 57.5 Å². The van der Waals surface area contributed by atoms with Gasteiger partial charge >= 0.3 is 5.97 Å². The molecule has 0 heterocycles. The first-order valence-electron chi connectivity index (χ1n) is 7.86. The number of benzene rings is 1. The number of aliphatic carboxylic acids is 1. The fourth-order valence-electron chi connectivity index (χ4n) is 2.51. The number of hydrogen-bond acceptors (Lipinski definition) is 2. The molecule has 0 amide bonds. The lowest BCUT2D eigenvalue weighted by molar-refractivity contribution is -0.133. The highest BCUT2D eigenvalue weighted by Crippen LogP contribution is 2.40. The number of carboxylic acids is 1. The van der Waals surface area contributed by atoms with Gasteiger partial charge in [-0.05, 0) is 46.8 Å².